The number of ether oxygens (including phenoxy) is 1. The van der Waals surface area contributed by atoms with Crippen LogP contribution in [0.5, 0.6) is 5.75 Å². The summed E-state index contributed by atoms with van der Waals surface area (Å²) in [6, 6.07) is 17.4. The van der Waals surface area contributed by atoms with E-state index in [2.05, 4.69) is 29.4 Å². The van der Waals surface area contributed by atoms with Crippen LogP contribution in [-0.4, -0.2) is 43.3 Å². The van der Waals surface area contributed by atoms with Crippen molar-refractivity contribution in [1.82, 2.24) is 10.2 Å². The molecule has 0 spiro atoms. The summed E-state index contributed by atoms with van der Waals surface area (Å²) in [5.74, 6) is 0.662. The molecule has 0 atom stereocenters. The van der Waals surface area contributed by atoms with E-state index in [0.717, 1.165) is 31.7 Å². The van der Waals surface area contributed by atoms with Crippen LogP contribution in [0.15, 0.2) is 54.6 Å². The molecule has 0 heterocycles. The summed E-state index contributed by atoms with van der Waals surface area (Å²) in [5, 5.41) is 2.90. The second kappa shape index (κ2) is 12.7. The quantitative estimate of drug-likeness (QED) is 0.409. The van der Waals surface area contributed by atoms with Gasteiger partial charge in [-0.25, -0.2) is 0 Å². The number of hydrogen-bond acceptors (Lipinski definition) is 4. The Hall–Kier alpha value is -2.66. The molecular weight excluding hydrogens is 364 g/mol. The van der Waals surface area contributed by atoms with Gasteiger partial charge in [-0.2, -0.15) is 0 Å². The molecule has 0 aromatic heterocycles. The Morgan fingerprint density at radius 3 is 2.41 bits per heavy atom. The van der Waals surface area contributed by atoms with Gasteiger partial charge in [0.15, 0.2) is 5.78 Å². The monoisotopic (exact) mass is 396 g/mol. The van der Waals surface area contributed by atoms with Gasteiger partial charge in [-0.15, -0.1) is 0 Å². The lowest BCUT2D eigenvalue weighted by Crippen LogP contribution is -2.28. The number of benzene rings is 2. The van der Waals surface area contributed by atoms with Crippen molar-refractivity contribution in [3.63, 3.8) is 0 Å². The topological polar surface area (TPSA) is 58.6 Å². The van der Waals surface area contributed by atoms with Gasteiger partial charge in [-0.1, -0.05) is 37.3 Å². The van der Waals surface area contributed by atoms with E-state index in [1.165, 1.54) is 5.56 Å². The molecule has 2 aromatic rings. The Bertz CT molecular complexity index is 744. The normalized spacial score (nSPS) is 10.7. The Balaban J connectivity index is 1.59. The lowest BCUT2D eigenvalue weighted by atomic mass is 10.1. The number of nitrogens with one attached hydrogen (secondary N) is 1. The minimum absolute atomic E-state index is 0.0233. The minimum Gasteiger partial charge on any atom is -0.494 e. The third kappa shape index (κ3) is 8.92. The summed E-state index contributed by atoms with van der Waals surface area (Å²) in [5.41, 5.74) is 1.90. The molecule has 0 saturated carbocycles. The fourth-order valence-corrected chi connectivity index (χ4v) is 2.97. The van der Waals surface area contributed by atoms with E-state index < -0.39 is 0 Å². The van der Waals surface area contributed by atoms with Gasteiger partial charge in [0.1, 0.15) is 5.75 Å². The number of amides is 1. The highest BCUT2D eigenvalue weighted by Crippen LogP contribution is 2.14. The number of hydrogen-bond donors (Lipinski definition) is 1. The van der Waals surface area contributed by atoms with Crippen LogP contribution >= 0.6 is 0 Å². The zero-order chi connectivity index (χ0) is 20.9. The Labute approximate surface area is 174 Å². The molecule has 1 N–H and O–H groups in total. The molecule has 2 rings (SSSR count). The molecule has 0 fully saturated rings. The molecule has 0 saturated heterocycles. The van der Waals surface area contributed by atoms with Crippen molar-refractivity contribution in [1.29, 1.82) is 0 Å². The van der Waals surface area contributed by atoms with Gasteiger partial charge in [0.25, 0.3) is 0 Å². The smallest absolute Gasteiger partial charge is 0.220 e. The van der Waals surface area contributed by atoms with Crippen molar-refractivity contribution >= 4 is 11.7 Å². The van der Waals surface area contributed by atoms with E-state index in [1.54, 1.807) is 24.3 Å². The van der Waals surface area contributed by atoms with Crippen LogP contribution in [0.2, 0.25) is 0 Å². The highest BCUT2D eigenvalue weighted by atomic mass is 16.5. The number of rotatable bonds is 13. The highest BCUT2D eigenvalue weighted by molar-refractivity contribution is 5.98. The van der Waals surface area contributed by atoms with Crippen molar-refractivity contribution in [2.24, 2.45) is 0 Å². The van der Waals surface area contributed by atoms with Crippen molar-refractivity contribution in [2.45, 2.75) is 39.2 Å². The molecule has 0 aliphatic rings. The molecule has 0 unspecified atom stereocenters. The number of carbonyl (C=O) groups is 2. The molecular formula is C24H32N2O3. The summed E-state index contributed by atoms with van der Waals surface area (Å²) in [6.45, 7) is 5.13. The molecule has 29 heavy (non-hydrogen) atoms. The largest absolute Gasteiger partial charge is 0.494 e. The van der Waals surface area contributed by atoms with Gasteiger partial charge < -0.3 is 15.0 Å². The molecule has 1 amide bonds. The first kappa shape index (κ1) is 22.6. The van der Waals surface area contributed by atoms with E-state index in [1.807, 2.05) is 25.1 Å². The van der Waals surface area contributed by atoms with Crippen LogP contribution in [0.1, 0.15) is 48.5 Å². The predicted octanol–water partition coefficient (Wildman–Crippen LogP) is 4.08. The minimum atomic E-state index is -0.0769. The Kier molecular flexibility index (Phi) is 9.93. The van der Waals surface area contributed by atoms with Gasteiger partial charge >= 0.3 is 0 Å². The number of carbonyl (C=O) groups excluding carboxylic acids is 2. The maximum atomic E-state index is 12.2. The molecule has 0 aliphatic heterocycles. The van der Waals surface area contributed by atoms with Crippen LogP contribution in [0.4, 0.5) is 0 Å². The first-order chi connectivity index (χ1) is 14.1. The zero-order valence-corrected chi connectivity index (χ0v) is 17.5. The van der Waals surface area contributed by atoms with Gasteiger partial charge in [-0.3, -0.25) is 9.59 Å². The zero-order valence-electron chi connectivity index (χ0n) is 17.5. The number of Topliss-reactive ketones (excluding diaryl/α,β-unsaturated/α-hetero) is 1. The summed E-state index contributed by atoms with van der Waals surface area (Å²) >= 11 is 0. The van der Waals surface area contributed by atoms with Crippen LogP contribution < -0.4 is 10.1 Å². The van der Waals surface area contributed by atoms with E-state index in [0.29, 0.717) is 18.7 Å². The van der Waals surface area contributed by atoms with Crippen LogP contribution in [0.3, 0.4) is 0 Å². The van der Waals surface area contributed by atoms with E-state index in [9.17, 15) is 9.59 Å². The first-order valence-electron chi connectivity index (χ1n) is 10.3. The van der Waals surface area contributed by atoms with Crippen molar-refractivity contribution in [3.8, 4) is 5.75 Å². The Morgan fingerprint density at radius 2 is 1.72 bits per heavy atom. The van der Waals surface area contributed by atoms with Gasteiger partial charge in [0.05, 0.1) is 6.61 Å². The third-order valence-electron chi connectivity index (χ3n) is 4.56. The first-order valence-corrected chi connectivity index (χ1v) is 10.3. The van der Waals surface area contributed by atoms with Crippen LogP contribution in [-0.2, 0) is 11.3 Å². The summed E-state index contributed by atoms with van der Waals surface area (Å²) < 4.78 is 5.51. The van der Waals surface area contributed by atoms with Crippen molar-refractivity contribution < 1.29 is 14.3 Å². The number of ketones is 1. The average Bonchev–Trinajstić information content (AvgIpc) is 2.74. The summed E-state index contributed by atoms with van der Waals surface area (Å²) in [7, 11) is 2.08. The number of nitrogens with zero attached hydrogens (tertiary/aromatic N) is 1. The van der Waals surface area contributed by atoms with E-state index in [-0.39, 0.29) is 24.5 Å². The maximum absolute atomic E-state index is 12.2. The molecule has 156 valence electrons. The lowest BCUT2D eigenvalue weighted by Gasteiger charge is -2.16. The fraction of sp³-hybridized carbons (Fsp3) is 0.417. The van der Waals surface area contributed by atoms with Crippen LogP contribution in [0, 0.1) is 0 Å². The Morgan fingerprint density at radius 1 is 1.00 bits per heavy atom. The second-order valence-corrected chi connectivity index (χ2v) is 7.22. The molecule has 0 radical (unpaired) electrons. The predicted molar refractivity (Wildman–Crippen MR) is 116 cm³/mol. The molecule has 0 aliphatic carbocycles. The van der Waals surface area contributed by atoms with Gasteiger partial charge in [0, 0.05) is 31.5 Å². The van der Waals surface area contributed by atoms with E-state index in [4.69, 9.17) is 4.74 Å². The average molecular weight is 397 g/mol. The van der Waals surface area contributed by atoms with Crippen molar-refractivity contribution in [3.05, 3.63) is 65.7 Å². The lowest BCUT2D eigenvalue weighted by molar-refractivity contribution is -0.121. The highest BCUT2D eigenvalue weighted by Gasteiger charge is 2.09. The summed E-state index contributed by atoms with van der Waals surface area (Å²) in [4.78, 5) is 26.5. The maximum Gasteiger partial charge on any atom is 0.220 e. The van der Waals surface area contributed by atoms with Crippen molar-refractivity contribution in [2.75, 3.05) is 26.7 Å². The van der Waals surface area contributed by atoms with Gasteiger partial charge in [0.2, 0.25) is 5.91 Å². The van der Waals surface area contributed by atoms with E-state index >= 15 is 0 Å². The molecule has 0 bridgehead atoms. The summed E-state index contributed by atoms with van der Waals surface area (Å²) in [6.07, 6.45) is 2.25. The SMILES string of the molecule is CCCOc1ccc(C(=O)CCC(=O)NCCCN(C)Cc2ccccc2)cc1. The standard InChI is InChI=1S/C24H32N2O3/c1-3-18-29-22-12-10-21(11-13-22)23(27)14-15-24(28)25-16-7-17-26(2)19-20-8-5-4-6-9-20/h4-6,8-13H,3,7,14-19H2,1-2H3,(H,25,28). The molecule has 5 heteroatoms. The van der Waals surface area contributed by atoms with Crippen LogP contribution in [0.25, 0.3) is 0 Å². The van der Waals surface area contributed by atoms with Gasteiger partial charge in [-0.05, 0) is 56.3 Å². The molecule has 5 nitrogen and oxygen atoms in total. The fourth-order valence-electron chi connectivity index (χ4n) is 2.97. The third-order valence-corrected chi connectivity index (χ3v) is 4.56. The molecule has 2 aromatic carbocycles. The second-order valence-electron chi connectivity index (χ2n) is 7.22.